The minimum absolute atomic E-state index is 0.196. The van der Waals surface area contributed by atoms with Gasteiger partial charge in [0.25, 0.3) is 0 Å². The number of aryl methyl sites for hydroxylation is 1. The molecular formula is C11H16ClN3O. The zero-order valence-corrected chi connectivity index (χ0v) is 10.3. The Balaban J connectivity index is 1.94. The fraction of sp³-hybridized carbons (Fsp3) is 0.636. The maximum absolute atomic E-state index is 6.20. The molecule has 16 heavy (non-hydrogen) atoms. The van der Waals surface area contributed by atoms with Crippen molar-refractivity contribution in [3.63, 3.8) is 0 Å². The molecule has 1 aliphatic rings. The Kier molecular flexibility index (Phi) is 3.49. The Morgan fingerprint density at radius 1 is 1.56 bits per heavy atom. The molecule has 0 saturated heterocycles. The Hall–Kier alpha value is -1.03. The van der Waals surface area contributed by atoms with E-state index in [0.29, 0.717) is 17.6 Å². The molecule has 0 amide bonds. The number of aromatic nitrogens is 2. The Morgan fingerprint density at radius 2 is 2.31 bits per heavy atom. The summed E-state index contributed by atoms with van der Waals surface area (Å²) in [6, 6.07) is 1.78. The van der Waals surface area contributed by atoms with Gasteiger partial charge in [0.15, 0.2) is 0 Å². The van der Waals surface area contributed by atoms with E-state index in [-0.39, 0.29) is 5.38 Å². The molecule has 0 aromatic carbocycles. The van der Waals surface area contributed by atoms with Gasteiger partial charge in [-0.25, -0.2) is 4.98 Å². The van der Waals surface area contributed by atoms with Gasteiger partial charge in [-0.3, -0.25) is 0 Å². The van der Waals surface area contributed by atoms with E-state index in [2.05, 4.69) is 15.3 Å². The average Bonchev–Trinajstić information content (AvgIpc) is 3.08. The van der Waals surface area contributed by atoms with E-state index in [4.69, 9.17) is 16.3 Å². The highest BCUT2D eigenvalue weighted by Crippen LogP contribution is 2.35. The lowest BCUT2D eigenvalue weighted by atomic mass is 10.3. The minimum atomic E-state index is 0.196. The van der Waals surface area contributed by atoms with E-state index in [1.807, 2.05) is 6.92 Å². The van der Waals surface area contributed by atoms with Crippen LogP contribution in [0.2, 0.25) is 0 Å². The molecule has 4 nitrogen and oxygen atoms in total. The van der Waals surface area contributed by atoms with Crippen LogP contribution in [0.3, 0.4) is 0 Å². The van der Waals surface area contributed by atoms with Gasteiger partial charge in [-0.1, -0.05) is 0 Å². The molecule has 5 heteroatoms. The smallest absolute Gasteiger partial charge is 0.218 e. The SMILES string of the molecule is COc1cc(NCC(Cl)C2CC2)nc(C)n1. The second kappa shape index (κ2) is 4.87. The number of rotatable bonds is 5. The summed E-state index contributed by atoms with van der Waals surface area (Å²) >= 11 is 6.20. The van der Waals surface area contributed by atoms with E-state index >= 15 is 0 Å². The fourth-order valence-corrected chi connectivity index (χ4v) is 1.89. The summed E-state index contributed by atoms with van der Waals surface area (Å²) in [6.45, 7) is 2.58. The average molecular weight is 242 g/mol. The standard InChI is InChI=1S/C11H16ClN3O/c1-7-14-10(5-11(15-7)16-2)13-6-9(12)8-3-4-8/h5,8-9H,3-4,6H2,1-2H3,(H,13,14,15). The van der Waals surface area contributed by atoms with Crippen LogP contribution >= 0.6 is 11.6 Å². The summed E-state index contributed by atoms with van der Waals surface area (Å²) in [5.74, 6) is 2.72. The van der Waals surface area contributed by atoms with Gasteiger partial charge >= 0.3 is 0 Å². The zero-order chi connectivity index (χ0) is 11.5. The zero-order valence-electron chi connectivity index (χ0n) is 9.53. The summed E-state index contributed by atoms with van der Waals surface area (Å²) in [6.07, 6.45) is 2.50. The van der Waals surface area contributed by atoms with E-state index < -0.39 is 0 Å². The third kappa shape index (κ3) is 2.98. The number of alkyl halides is 1. The molecule has 0 aliphatic heterocycles. The van der Waals surface area contributed by atoms with Gasteiger partial charge in [-0.2, -0.15) is 4.98 Å². The van der Waals surface area contributed by atoms with Crippen LogP contribution in [-0.4, -0.2) is 29.0 Å². The topological polar surface area (TPSA) is 47.0 Å². The quantitative estimate of drug-likeness (QED) is 0.803. The second-order valence-corrected chi connectivity index (χ2v) is 4.64. The van der Waals surface area contributed by atoms with Crippen molar-refractivity contribution in [3.8, 4) is 5.88 Å². The van der Waals surface area contributed by atoms with Crippen molar-refractivity contribution in [1.82, 2.24) is 9.97 Å². The predicted molar refractivity (Wildman–Crippen MR) is 64.2 cm³/mol. The molecular weight excluding hydrogens is 226 g/mol. The molecule has 1 aliphatic carbocycles. The van der Waals surface area contributed by atoms with Crippen molar-refractivity contribution < 1.29 is 4.74 Å². The molecule has 1 aromatic rings. The van der Waals surface area contributed by atoms with Gasteiger partial charge in [-0.15, -0.1) is 11.6 Å². The van der Waals surface area contributed by atoms with Gasteiger partial charge in [0, 0.05) is 12.6 Å². The van der Waals surface area contributed by atoms with Crippen LogP contribution in [0, 0.1) is 12.8 Å². The maximum Gasteiger partial charge on any atom is 0.218 e. The van der Waals surface area contributed by atoms with Crippen LogP contribution < -0.4 is 10.1 Å². The van der Waals surface area contributed by atoms with E-state index in [1.165, 1.54) is 12.8 Å². The molecule has 2 rings (SSSR count). The number of nitrogens with one attached hydrogen (secondary N) is 1. The number of hydrogen-bond donors (Lipinski definition) is 1. The van der Waals surface area contributed by atoms with Crippen molar-refractivity contribution in [2.24, 2.45) is 5.92 Å². The highest BCUT2D eigenvalue weighted by Gasteiger charge is 2.29. The molecule has 1 atom stereocenters. The lowest BCUT2D eigenvalue weighted by Crippen LogP contribution is -2.17. The van der Waals surface area contributed by atoms with Crippen molar-refractivity contribution >= 4 is 17.4 Å². The van der Waals surface area contributed by atoms with Crippen LogP contribution in [0.15, 0.2) is 6.07 Å². The van der Waals surface area contributed by atoms with Gasteiger partial charge in [0.1, 0.15) is 11.6 Å². The van der Waals surface area contributed by atoms with Crippen molar-refractivity contribution in [1.29, 1.82) is 0 Å². The summed E-state index contributed by atoms with van der Waals surface area (Å²) in [5, 5.41) is 3.41. The van der Waals surface area contributed by atoms with Crippen LogP contribution in [0.1, 0.15) is 18.7 Å². The van der Waals surface area contributed by atoms with Gasteiger partial charge in [0.05, 0.1) is 12.5 Å². The summed E-state index contributed by atoms with van der Waals surface area (Å²) in [7, 11) is 1.60. The number of ether oxygens (including phenoxy) is 1. The molecule has 1 fully saturated rings. The summed E-state index contributed by atoms with van der Waals surface area (Å²) in [5.41, 5.74) is 0. The maximum atomic E-state index is 6.20. The third-order valence-corrected chi connectivity index (χ3v) is 3.15. The molecule has 1 heterocycles. The lowest BCUT2D eigenvalue weighted by Gasteiger charge is -2.11. The summed E-state index contributed by atoms with van der Waals surface area (Å²) in [4.78, 5) is 8.39. The molecule has 88 valence electrons. The number of methoxy groups -OCH3 is 1. The molecule has 1 saturated carbocycles. The van der Waals surface area contributed by atoms with Crippen LogP contribution in [0.4, 0.5) is 5.82 Å². The molecule has 0 radical (unpaired) electrons. The highest BCUT2D eigenvalue weighted by atomic mass is 35.5. The first kappa shape index (κ1) is 11.5. The molecule has 1 aromatic heterocycles. The van der Waals surface area contributed by atoms with Crippen LogP contribution in [-0.2, 0) is 0 Å². The van der Waals surface area contributed by atoms with Gasteiger partial charge < -0.3 is 10.1 Å². The van der Waals surface area contributed by atoms with Crippen LogP contribution in [0.25, 0.3) is 0 Å². The monoisotopic (exact) mass is 241 g/mol. The first-order chi connectivity index (χ1) is 7.69. The minimum Gasteiger partial charge on any atom is -0.481 e. The first-order valence-electron chi connectivity index (χ1n) is 5.46. The number of nitrogens with zero attached hydrogens (tertiary/aromatic N) is 2. The van der Waals surface area contributed by atoms with Crippen molar-refractivity contribution in [2.45, 2.75) is 25.1 Å². The Bertz CT molecular complexity index is 368. The van der Waals surface area contributed by atoms with E-state index in [0.717, 1.165) is 12.4 Å². The normalized spacial score (nSPS) is 16.9. The van der Waals surface area contributed by atoms with Crippen molar-refractivity contribution in [3.05, 3.63) is 11.9 Å². The van der Waals surface area contributed by atoms with Crippen molar-refractivity contribution in [2.75, 3.05) is 19.0 Å². The third-order valence-electron chi connectivity index (χ3n) is 2.64. The molecule has 1 unspecified atom stereocenters. The second-order valence-electron chi connectivity index (χ2n) is 4.08. The number of anilines is 1. The summed E-state index contributed by atoms with van der Waals surface area (Å²) < 4.78 is 5.08. The fourth-order valence-electron chi connectivity index (χ4n) is 1.56. The molecule has 1 N–H and O–H groups in total. The molecule has 0 spiro atoms. The molecule has 0 bridgehead atoms. The van der Waals surface area contributed by atoms with E-state index in [1.54, 1.807) is 13.2 Å². The number of hydrogen-bond acceptors (Lipinski definition) is 4. The number of halogens is 1. The Labute approximate surface area is 100 Å². The first-order valence-corrected chi connectivity index (χ1v) is 5.90. The highest BCUT2D eigenvalue weighted by molar-refractivity contribution is 6.21. The predicted octanol–water partition coefficient (Wildman–Crippen LogP) is 2.22. The van der Waals surface area contributed by atoms with Gasteiger partial charge in [0.2, 0.25) is 5.88 Å². The largest absolute Gasteiger partial charge is 0.481 e. The van der Waals surface area contributed by atoms with Crippen LogP contribution in [0.5, 0.6) is 5.88 Å². The Morgan fingerprint density at radius 3 is 2.94 bits per heavy atom. The van der Waals surface area contributed by atoms with E-state index in [9.17, 15) is 0 Å². The lowest BCUT2D eigenvalue weighted by molar-refractivity contribution is 0.396. The van der Waals surface area contributed by atoms with Gasteiger partial charge in [-0.05, 0) is 25.7 Å².